The molecule has 1 aliphatic heterocycles. The highest BCUT2D eigenvalue weighted by molar-refractivity contribution is 6.74. The Labute approximate surface area is 229 Å². The van der Waals surface area contributed by atoms with E-state index >= 15 is 0 Å². The van der Waals surface area contributed by atoms with E-state index in [-0.39, 0.29) is 23.3 Å². The summed E-state index contributed by atoms with van der Waals surface area (Å²) >= 11 is 0. The Kier molecular flexibility index (Phi) is 10.8. The van der Waals surface area contributed by atoms with Gasteiger partial charge in [0.2, 0.25) is 0 Å². The molecular weight excluding hydrogens is 502 g/mol. The number of likely N-dealkylation sites (tertiary alicyclic amines) is 1. The molecule has 38 heavy (non-hydrogen) atoms. The van der Waals surface area contributed by atoms with Gasteiger partial charge in [-0.1, -0.05) is 32.8 Å². The van der Waals surface area contributed by atoms with Gasteiger partial charge in [0, 0.05) is 25.1 Å². The molecule has 1 N–H and O–H groups in total. The number of carboxylic acids is 1. The molecule has 1 heterocycles. The number of rotatable bonds is 10. The van der Waals surface area contributed by atoms with Crippen molar-refractivity contribution in [3.8, 4) is 18.1 Å². The van der Waals surface area contributed by atoms with Gasteiger partial charge >= 0.3 is 12.1 Å². The van der Waals surface area contributed by atoms with Crippen molar-refractivity contribution in [2.75, 3.05) is 26.4 Å². The molecule has 0 spiro atoms. The zero-order valence-corrected chi connectivity index (χ0v) is 25.3. The normalized spacial score (nSPS) is 18.6. The number of hydrogen-bond acceptors (Lipinski definition) is 6. The lowest BCUT2D eigenvalue weighted by molar-refractivity contribution is -0.0248. The van der Waals surface area contributed by atoms with E-state index < -0.39 is 32.0 Å². The molecule has 0 bridgehead atoms. The second-order valence-electron chi connectivity index (χ2n) is 12.2. The van der Waals surface area contributed by atoms with Gasteiger partial charge in [0.1, 0.15) is 18.0 Å². The molecule has 9 heteroatoms. The van der Waals surface area contributed by atoms with E-state index in [1.165, 1.54) is 12.1 Å². The number of terminal acetylenes is 1. The van der Waals surface area contributed by atoms with E-state index in [2.05, 4.69) is 39.8 Å². The second-order valence-corrected chi connectivity index (χ2v) is 17.0. The summed E-state index contributed by atoms with van der Waals surface area (Å²) in [6.07, 6.45) is 6.55. The average molecular weight is 548 g/mol. The number of nitrogens with zero attached hydrogens (tertiary/aromatic N) is 1. The lowest BCUT2D eigenvalue weighted by Crippen LogP contribution is -2.45. The predicted octanol–water partition coefficient (Wildman–Crippen LogP) is 6.27. The van der Waals surface area contributed by atoms with Crippen molar-refractivity contribution >= 4 is 20.4 Å². The van der Waals surface area contributed by atoms with Crippen LogP contribution in [0.5, 0.6) is 5.75 Å². The van der Waals surface area contributed by atoms with Crippen LogP contribution in [0, 0.1) is 12.3 Å². The van der Waals surface area contributed by atoms with Crippen molar-refractivity contribution in [3.63, 3.8) is 0 Å². The quantitative estimate of drug-likeness (QED) is 0.210. The minimum Gasteiger partial charge on any atom is -0.493 e. The number of carboxylic acid groups (broad SMARTS) is 1. The van der Waals surface area contributed by atoms with Crippen LogP contribution in [0.4, 0.5) is 4.79 Å². The number of hydrogen-bond donors (Lipinski definition) is 1. The Balaban J connectivity index is 2.29. The zero-order valence-electron chi connectivity index (χ0n) is 24.3. The Morgan fingerprint density at radius 3 is 2.42 bits per heavy atom. The minimum absolute atomic E-state index is 0.112. The number of aromatic carboxylic acids is 1. The number of carbonyl (C=O) groups is 2. The van der Waals surface area contributed by atoms with Gasteiger partial charge in [-0.05, 0) is 63.9 Å². The van der Waals surface area contributed by atoms with Crippen molar-refractivity contribution < 1.29 is 33.3 Å². The highest BCUT2D eigenvalue weighted by Crippen LogP contribution is 2.39. The summed E-state index contributed by atoms with van der Waals surface area (Å²) in [5, 5.41) is 9.71. The van der Waals surface area contributed by atoms with Crippen LogP contribution < -0.4 is 4.74 Å². The highest BCUT2D eigenvalue weighted by atomic mass is 28.4. The molecular formula is C29H45NO7Si. The average Bonchev–Trinajstić information content (AvgIpc) is 2.80. The maximum absolute atomic E-state index is 13.2. The number of ether oxygens (including phenoxy) is 3. The lowest BCUT2D eigenvalue weighted by atomic mass is 9.92. The zero-order chi connectivity index (χ0) is 28.7. The molecule has 1 aromatic carbocycles. The monoisotopic (exact) mass is 547 g/mol. The maximum Gasteiger partial charge on any atom is 0.410 e. The van der Waals surface area contributed by atoms with Gasteiger partial charge < -0.3 is 28.6 Å². The summed E-state index contributed by atoms with van der Waals surface area (Å²) in [6.45, 7) is 18.0. The van der Waals surface area contributed by atoms with Crippen molar-refractivity contribution in [2.24, 2.45) is 0 Å². The van der Waals surface area contributed by atoms with Gasteiger partial charge in [-0.3, -0.25) is 0 Å². The Morgan fingerprint density at radius 2 is 1.84 bits per heavy atom. The van der Waals surface area contributed by atoms with Gasteiger partial charge in [-0.15, -0.1) is 6.42 Å². The van der Waals surface area contributed by atoms with Crippen LogP contribution in [0.3, 0.4) is 0 Å². The van der Waals surface area contributed by atoms with Crippen LogP contribution >= 0.6 is 0 Å². The number of piperidine rings is 1. The van der Waals surface area contributed by atoms with Gasteiger partial charge in [-0.25, -0.2) is 9.59 Å². The molecule has 1 fully saturated rings. The van der Waals surface area contributed by atoms with Crippen LogP contribution in [-0.4, -0.2) is 68.5 Å². The van der Waals surface area contributed by atoms with Gasteiger partial charge in [0.15, 0.2) is 8.32 Å². The predicted molar refractivity (Wildman–Crippen MR) is 150 cm³/mol. The Hall–Kier alpha value is -2.54. The Morgan fingerprint density at radius 1 is 1.16 bits per heavy atom. The fourth-order valence-electron chi connectivity index (χ4n) is 3.94. The molecule has 1 amide bonds. The standard InChI is InChI=1S/C29H45NO7Si/c1-10-16-34-22-14-15-30(27(33)37-28(2,3)4)24(20-22)23-13-12-21(26(31)32)19-25(23)35-17-11-18-36-38(8,9)29(5,6)7/h1,12-13,19,22,24H,11,14-18,20H2,2-9H3,(H,31,32)/t22-,24-/m0/s1. The molecule has 0 aromatic heterocycles. The molecule has 1 aliphatic rings. The molecule has 0 unspecified atom stereocenters. The van der Waals surface area contributed by atoms with Gasteiger partial charge in [-0.2, -0.15) is 0 Å². The molecule has 0 saturated carbocycles. The topological polar surface area (TPSA) is 94.5 Å². The van der Waals surface area contributed by atoms with Crippen molar-refractivity contribution in [1.29, 1.82) is 0 Å². The molecule has 0 aliphatic carbocycles. The van der Waals surface area contributed by atoms with Crippen molar-refractivity contribution in [1.82, 2.24) is 4.90 Å². The van der Waals surface area contributed by atoms with Crippen molar-refractivity contribution in [3.05, 3.63) is 29.3 Å². The van der Waals surface area contributed by atoms with Crippen LogP contribution in [0.1, 0.15) is 82.8 Å². The van der Waals surface area contributed by atoms with Gasteiger partial charge in [0.25, 0.3) is 0 Å². The van der Waals surface area contributed by atoms with E-state index in [9.17, 15) is 14.7 Å². The first-order chi connectivity index (χ1) is 17.6. The SMILES string of the molecule is C#CCO[C@H]1CCN(C(=O)OC(C)(C)C)[C@H](c2ccc(C(=O)O)cc2OCCCO[Si](C)(C)C(C)(C)C)C1. The van der Waals surface area contributed by atoms with Gasteiger partial charge in [0.05, 0.1) is 24.3 Å². The summed E-state index contributed by atoms with van der Waals surface area (Å²) in [4.78, 5) is 26.6. The first-order valence-corrected chi connectivity index (χ1v) is 16.2. The molecule has 8 nitrogen and oxygen atoms in total. The lowest BCUT2D eigenvalue weighted by Gasteiger charge is -2.40. The van der Waals surface area contributed by atoms with Crippen LogP contribution in [0.25, 0.3) is 0 Å². The third-order valence-electron chi connectivity index (χ3n) is 7.02. The summed E-state index contributed by atoms with van der Waals surface area (Å²) in [5.74, 6) is 1.87. The van der Waals surface area contributed by atoms with Crippen LogP contribution in [-0.2, 0) is 13.9 Å². The van der Waals surface area contributed by atoms with Crippen LogP contribution in [0.2, 0.25) is 18.1 Å². The van der Waals surface area contributed by atoms with E-state index in [0.29, 0.717) is 50.3 Å². The fraction of sp³-hybridized carbons (Fsp3) is 0.655. The minimum atomic E-state index is -1.88. The second kappa shape index (κ2) is 13.0. The van der Waals surface area contributed by atoms with Crippen molar-refractivity contribution in [2.45, 2.75) is 96.7 Å². The first-order valence-electron chi connectivity index (χ1n) is 13.2. The molecule has 0 radical (unpaired) electrons. The largest absolute Gasteiger partial charge is 0.493 e. The number of carbonyl (C=O) groups excluding carboxylic acids is 1. The van der Waals surface area contributed by atoms with E-state index in [1.807, 2.05) is 20.8 Å². The number of benzene rings is 1. The first kappa shape index (κ1) is 31.7. The Bertz CT molecular complexity index is 1000. The molecule has 2 rings (SSSR count). The molecule has 2 atom stereocenters. The molecule has 1 aromatic rings. The highest BCUT2D eigenvalue weighted by Gasteiger charge is 2.38. The maximum atomic E-state index is 13.2. The third kappa shape index (κ3) is 9.04. The summed E-state index contributed by atoms with van der Waals surface area (Å²) in [5.41, 5.74) is 0.163. The summed E-state index contributed by atoms with van der Waals surface area (Å²) in [7, 11) is -1.88. The smallest absolute Gasteiger partial charge is 0.410 e. The van der Waals surface area contributed by atoms with E-state index in [0.717, 1.165) is 0 Å². The summed E-state index contributed by atoms with van der Waals surface area (Å²) < 4.78 is 23.9. The van der Waals surface area contributed by atoms with E-state index in [4.69, 9.17) is 25.1 Å². The molecule has 1 saturated heterocycles. The third-order valence-corrected chi connectivity index (χ3v) is 11.6. The summed E-state index contributed by atoms with van der Waals surface area (Å²) in [6, 6.07) is 4.34. The molecule has 212 valence electrons. The van der Waals surface area contributed by atoms with Crippen LogP contribution in [0.15, 0.2) is 18.2 Å². The van der Waals surface area contributed by atoms with E-state index in [1.54, 1.807) is 11.0 Å². The number of amides is 1. The fourth-order valence-corrected chi connectivity index (χ4v) is 5.02.